The number of rotatable bonds is 2. The molecule has 0 unspecified atom stereocenters. The van der Waals surface area contributed by atoms with Crippen molar-refractivity contribution in [2.24, 2.45) is 0 Å². The third kappa shape index (κ3) is 3.59. The van der Waals surface area contributed by atoms with E-state index in [1.54, 1.807) is 29.1 Å². The molecule has 0 aromatic carbocycles. The van der Waals surface area contributed by atoms with E-state index in [9.17, 15) is 4.79 Å². The van der Waals surface area contributed by atoms with Crippen LogP contribution in [0.25, 0.3) is 5.65 Å². The number of halogens is 2. The molecular weight excluding hydrogens is 301 g/mol. The normalized spacial score (nSPS) is 17.9. The number of hydrogen-bond acceptors (Lipinski definition) is 4. The highest BCUT2D eigenvalue weighted by Crippen LogP contribution is 2.06. The highest BCUT2D eigenvalue weighted by molar-refractivity contribution is 5.94. The molecular formula is C12H17Cl2N5O. The number of nitrogens with zero attached hydrogens (tertiary/aromatic N) is 3. The van der Waals surface area contributed by atoms with Crippen LogP contribution in [-0.4, -0.2) is 39.6 Å². The minimum absolute atomic E-state index is 0. The first-order valence-electron chi connectivity index (χ1n) is 6.14. The molecule has 2 aromatic rings. The highest BCUT2D eigenvalue weighted by Gasteiger charge is 2.16. The molecule has 0 spiro atoms. The fourth-order valence-corrected chi connectivity index (χ4v) is 2.21. The predicted octanol–water partition coefficient (Wildman–Crippen LogP) is 1.05. The summed E-state index contributed by atoms with van der Waals surface area (Å²) in [4.78, 5) is 12.1. The molecule has 1 aliphatic heterocycles. The zero-order valence-electron chi connectivity index (χ0n) is 10.8. The van der Waals surface area contributed by atoms with E-state index in [0.29, 0.717) is 5.56 Å². The standard InChI is InChI=1S/C12H15N5O.2ClH/c18-12(15-10-2-1-5-13-6-10)9-3-4-11-16-14-8-17(11)7-9;;/h3-4,7-8,10,13H,1-2,5-6H2,(H,15,18);2*1H/t10-;;/m0../s1. The lowest BCUT2D eigenvalue weighted by atomic mass is 10.1. The molecule has 0 aliphatic carbocycles. The summed E-state index contributed by atoms with van der Waals surface area (Å²) in [6.45, 7) is 1.89. The summed E-state index contributed by atoms with van der Waals surface area (Å²) in [5, 5.41) is 14.0. The van der Waals surface area contributed by atoms with Crippen molar-refractivity contribution < 1.29 is 4.79 Å². The maximum absolute atomic E-state index is 12.1. The topological polar surface area (TPSA) is 71.3 Å². The average Bonchev–Trinajstić information content (AvgIpc) is 2.87. The van der Waals surface area contributed by atoms with Gasteiger partial charge in [-0.15, -0.1) is 35.0 Å². The van der Waals surface area contributed by atoms with Gasteiger partial charge in [0.05, 0.1) is 5.56 Å². The number of aromatic nitrogens is 3. The van der Waals surface area contributed by atoms with Crippen LogP contribution >= 0.6 is 24.8 Å². The van der Waals surface area contributed by atoms with Gasteiger partial charge in [-0.05, 0) is 31.5 Å². The van der Waals surface area contributed by atoms with Crippen LogP contribution < -0.4 is 10.6 Å². The number of pyridine rings is 1. The van der Waals surface area contributed by atoms with E-state index < -0.39 is 0 Å². The van der Waals surface area contributed by atoms with Crippen LogP contribution in [0.1, 0.15) is 23.2 Å². The predicted molar refractivity (Wildman–Crippen MR) is 80.8 cm³/mol. The summed E-state index contributed by atoms with van der Waals surface area (Å²) in [5.41, 5.74) is 1.37. The van der Waals surface area contributed by atoms with E-state index in [-0.39, 0.29) is 36.8 Å². The van der Waals surface area contributed by atoms with Crippen LogP contribution in [0.4, 0.5) is 0 Å². The Hall–Kier alpha value is -1.37. The van der Waals surface area contributed by atoms with Crippen molar-refractivity contribution >= 4 is 36.4 Å². The second-order valence-corrected chi connectivity index (χ2v) is 4.53. The SMILES string of the molecule is Cl.Cl.O=C(N[C@H]1CCCNC1)c1ccc2nncn2c1. The molecule has 110 valence electrons. The Labute approximate surface area is 129 Å². The maximum Gasteiger partial charge on any atom is 0.253 e. The molecule has 2 aromatic heterocycles. The van der Waals surface area contributed by atoms with Crippen molar-refractivity contribution in [2.75, 3.05) is 13.1 Å². The molecule has 1 amide bonds. The van der Waals surface area contributed by atoms with Gasteiger partial charge in [-0.2, -0.15) is 0 Å². The second-order valence-electron chi connectivity index (χ2n) is 4.53. The Morgan fingerprint density at radius 3 is 3.00 bits per heavy atom. The van der Waals surface area contributed by atoms with Crippen LogP contribution in [0.15, 0.2) is 24.7 Å². The van der Waals surface area contributed by atoms with Crippen LogP contribution in [-0.2, 0) is 0 Å². The van der Waals surface area contributed by atoms with Gasteiger partial charge in [0.25, 0.3) is 5.91 Å². The molecule has 0 saturated carbocycles. The maximum atomic E-state index is 12.1. The summed E-state index contributed by atoms with van der Waals surface area (Å²) >= 11 is 0. The molecule has 1 aliphatic rings. The molecule has 8 heteroatoms. The zero-order valence-corrected chi connectivity index (χ0v) is 12.4. The fraction of sp³-hybridized carbons (Fsp3) is 0.417. The van der Waals surface area contributed by atoms with Gasteiger partial charge < -0.3 is 10.6 Å². The van der Waals surface area contributed by atoms with Crippen LogP contribution in [0.2, 0.25) is 0 Å². The lowest BCUT2D eigenvalue weighted by Crippen LogP contribution is -2.45. The Bertz CT molecular complexity index is 568. The monoisotopic (exact) mass is 317 g/mol. The number of hydrogen-bond donors (Lipinski definition) is 2. The van der Waals surface area contributed by atoms with Crippen molar-refractivity contribution in [1.82, 2.24) is 25.2 Å². The highest BCUT2D eigenvalue weighted by atomic mass is 35.5. The second kappa shape index (κ2) is 7.42. The van der Waals surface area contributed by atoms with Crippen molar-refractivity contribution in [3.8, 4) is 0 Å². The molecule has 20 heavy (non-hydrogen) atoms. The van der Waals surface area contributed by atoms with Gasteiger partial charge in [0.2, 0.25) is 0 Å². The minimum Gasteiger partial charge on any atom is -0.348 e. The van der Waals surface area contributed by atoms with Gasteiger partial charge in [-0.3, -0.25) is 9.20 Å². The van der Waals surface area contributed by atoms with Gasteiger partial charge >= 0.3 is 0 Å². The third-order valence-electron chi connectivity index (χ3n) is 3.19. The minimum atomic E-state index is -0.0423. The number of nitrogens with one attached hydrogen (secondary N) is 2. The van der Waals surface area contributed by atoms with Crippen LogP contribution in [0.3, 0.4) is 0 Å². The third-order valence-corrected chi connectivity index (χ3v) is 3.19. The molecule has 6 nitrogen and oxygen atoms in total. The fourth-order valence-electron chi connectivity index (χ4n) is 2.21. The molecule has 3 rings (SSSR count). The Balaban J connectivity index is 0.000001000. The largest absolute Gasteiger partial charge is 0.348 e. The summed E-state index contributed by atoms with van der Waals surface area (Å²) in [5.74, 6) is -0.0423. The van der Waals surface area contributed by atoms with E-state index in [1.165, 1.54) is 0 Å². The number of carbonyl (C=O) groups excluding carboxylic acids is 1. The van der Waals surface area contributed by atoms with Gasteiger partial charge in [0.1, 0.15) is 6.33 Å². The summed E-state index contributed by atoms with van der Waals surface area (Å²) in [6, 6.07) is 3.79. The Morgan fingerprint density at radius 1 is 1.40 bits per heavy atom. The molecule has 2 N–H and O–H groups in total. The van der Waals surface area contributed by atoms with E-state index in [4.69, 9.17) is 0 Å². The van der Waals surface area contributed by atoms with Crippen LogP contribution in [0, 0.1) is 0 Å². The number of carbonyl (C=O) groups is 1. The molecule has 0 radical (unpaired) electrons. The van der Waals surface area contributed by atoms with E-state index >= 15 is 0 Å². The summed E-state index contributed by atoms with van der Waals surface area (Å²) in [7, 11) is 0. The Morgan fingerprint density at radius 2 is 2.25 bits per heavy atom. The molecule has 3 heterocycles. The van der Waals surface area contributed by atoms with Crippen molar-refractivity contribution in [3.63, 3.8) is 0 Å². The number of amides is 1. The molecule has 1 atom stereocenters. The summed E-state index contributed by atoms with van der Waals surface area (Å²) in [6.07, 6.45) is 5.48. The number of fused-ring (bicyclic) bond motifs is 1. The molecule has 1 saturated heterocycles. The Kier molecular flexibility index (Phi) is 6.19. The molecule has 1 fully saturated rings. The first kappa shape index (κ1) is 16.7. The van der Waals surface area contributed by atoms with Crippen LogP contribution in [0.5, 0.6) is 0 Å². The quantitative estimate of drug-likeness (QED) is 0.868. The zero-order chi connectivity index (χ0) is 12.4. The van der Waals surface area contributed by atoms with Crippen molar-refractivity contribution in [3.05, 3.63) is 30.2 Å². The van der Waals surface area contributed by atoms with Crippen molar-refractivity contribution in [2.45, 2.75) is 18.9 Å². The molecule has 0 bridgehead atoms. The first-order chi connectivity index (χ1) is 8.83. The lowest BCUT2D eigenvalue weighted by Gasteiger charge is -2.23. The van der Waals surface area contributed by atoms with Gasteiger partial charge in [0, 0.05) is 18.8 Å². The van der Waals surface area contributed by atoms with Gasteiger partial charge in [0.15, 0.2) is 5.65 Å². The average molecular weight is 318 g/mol. The van der Waals surface area contributed by atoms with E-state index in [2.05, 4.69) is 20.8 Å². The van der Waals surface area contributed by atoms with E-state index in [0.717, 1.165) is 31.6 Å². The smallest absolute Gasteiger partial charge is 0.253 e. The van der Waals surface area contributed by atoms with Crippen molar-refractivity contribution in [1.29, 1.82) is 0 Å². The van der Waals surface area contributed by atoms with Gasteiger partial charge in [-0.25, -0.2) is 0 Å². The number of piperidine rings is 1. The summed E-state index contributed by atoms with van der Waals surface area (Å²) < 4.78 is 1.74. The first-order valence-corrected chi connectivity index (χ1v) is 6.14. The van der Waals surface area contributed by atoms with Gasteiger partial charge in [-0.1, -0.05) is 0 Å². The lowest BCUT2D eigenvalue weighted by molar-refractivity contribution is 0.0930. The van der Waals surface area contributed by atoms with E-state index in [1.807, 2.05) is 0 Å².